The Morgan fingerprint density at radius 1 is 1.62 bits per heavy atom. The summed E-state index contributed by atoms with van der Waals surface area (Å²) in [6.45, 7) is 5.15. The van der Waals surface area contributed by atoms with E-state index in [4.69, 9.17) is 11.6 Å². The van der Waals surface area contributed by atoms with Crippen LogP contribution in [-0.4, -0.2) is 10.9 Å². The molecule has 0 aliphatic heterocycles. The first-order chi connectivity index (χ1) is 6.09. The molecule has 0 saturated carbocycles. The lowest BCUT2D eigenvalue weighted by Gasteiger charge is -2.02. The van der Waals surface area contributed by atoms with Crippen molar-refractivity contribution in [1.82, 2.24) is 4.98 Å². The predicted molar refractivity (Wildman–Crippen MR) is 52.7 cm³/mol. The van der Waals surface area contributed by atoms with Gasteiger partial charge >= 0.3 is 0 Å². The molecule has 0 fully saturated rings. The molecular formula is C9H9ClN2O. The molecule has 0 atom stereocenters. The molecule has 1 rings (SSSR count). The van der Waals surface area contributed by atoms with Crippen LogP contribution in [0.3, 0.4) is 0 Å². The van der Waals surface area contributed by atoms with Gasteiger partial charge in [0.25, 0.3) is 5.91 Å². The highest BCUT2D eigenvalue weighted by molar-refractivity contribution is 6.29. The highest BCUT2D eigenvalue weighted by Crippen LogP contribution is 2.10. The minimum Gasteiger partial charge on any atom is -0.321 e. The van der Waals surface area contributed by atoms with Gasteiger partial charge in [0.1, 0.15) is 5.15 Å². The molecule has 0 radical (unpaired) electrons. The molecule has 1 N–H and O–H groups in total. The second kappa shape index (κ2) is 4.05. The summed E-state index contributed by atoms with van der Waals surface area (Å²) in [7, 11) is 0. The van der Waals surface area contributed by atoms with Crippen LogP contribution in [0.15, 0.2) is 30.5 Å². The van der Waals surface area contributed by atoms with Crippen molar-refractivity contribution >= 4 is 23.2 Å². The SMILES string of the molecule is C=C(C)C(=O)Nc1ccc(Cl)nc1. The Morgan fingerprint density at radius 3 is 2.77 bits per heavy atom. The van der Waals surface area contributed by atoms with Crippen LogP contribution in [0, 0.1) is 0 Å². The van der Waals surface area contributed by atoms with Crippen molar-refractivity contribution in [3.8, 4) is 0 Å². The summed E-state index contributed by atoms with van der Waals surface area (Å²) in [5, 5.41) is 3.01. The number of carbonyl (C=O) groups excluding carboxylic acids is 1. The van der Waals surface area contributed by atoms with Gasteiger partial charge in [-0.25, -0.2) is 4.98 Å². The molecule has 0 saturated heterocycles. The molecule has 0 aromatic carbocycles. The summed E-state index contributed by atoms with van der Waals surface area (Å²) in [6.07, 6.45) is 1.49. The zero-order valence-corrected chi connectivity index (χ0v) is 7.93. The van der Waals surface area contributed by atoms with E-state index >= 15 is 0 Å². The van der Waals surface area contributed by atoms with E-state index in [9.17, 15) is 4.79 Å². The Kier molecular flexibility index (Phi) is 3.03. The fourth-order valence-electron chi connectivity index (χ4n) is 0.688. The number of halogens is 1. The van der Waals surface area contributed by atoms with Gasteiger partial charge in [0.15, 0.2) is 0 Å². The van der Waals surface area contributed by atoms with Gasteiger partial charge in [-0.3, -0.25) is 4.79 Å². The largest absolute Gasteiger partial charge is 0.321 e. The lowest BCUT2D eigenvalue weighted by atomic mass is 10.3. The maximum absolute atomic E-state index is 11.1. The highest BCUT2D eigenvalue weighted by atomic mass is 35.5. The van der Waals surface area contributed by atoms with Crippen molar-refractivity contribution in [2.24, 2.45) is 0 Å². The summed E-state index contributed by atoms with van der Waals surface area (Å²) in [5.41, 5.74) is 1.06. The number of rotatable bonds is 2. The van der Waals surface area contributed by atoms with Crippen molar-refractivity contribution in [1.29, 1.82) is 0 Å². The Balaban J connectivity index is 2.70. The van der Waals surface area contributed by atoms with Gasteiger partial charge < -0.3 is 5.32 Å². The highest BCUT2D eigenvalue weighted by Gasteiger charge is 2.01. The van der Waals surface area contributed by atoms with E-state index in [1.54, 1.807) is 19.1 Å². The van der Waals surface area contributed by atoms with Crippen molar-refractivity contribution in [2.45, 2.75) is 6.92 Å². The van der Waals surface area contributed by atoms with Crippen LogP contribution in [0.4, 0.5) is 5.69 Å². The number of aromatic nitrogens is 1. The van der Waals surface area contributed by atoms with Crippen molar-refractivity contribution in [2.75, 3.05) is 5.32 Å². The number of anilines is 1. The maximum Gasteiger partial charge on any atom is 0.250 e. The molecule has 13 heavy (non-hydrogen) atoms. The molecule has 0 unspecified atom stereocenters. The molecule has 1 heterocycles. The van der Waals surface area contributed by atoms with Crippen LogP contribution in [0.5, 0.6) is 0 Å². The Bertz CT molecular complexity index is 332. The zero-order chi connectivity index (χ0) is 9.84. The summed E-state index contributed by atoms with van der Waals surface area (Å²) in [6, 6.07) is 3.28. The maximum atomic E-state index is 11.1. The standard InChI is InChI=1S/C9H9ClN2O/c1-6(2)9(13)12-7-3-4-8(10)11-5-7/h3-5H,1H2,2H3,(H,12,13). The van der Waals surface area contributed by atoms with E-state index in [1.165, 1.54) is 6.20 Å². The molecule has 68 valence electrons. The fraction of sp³-hybridized carbons (Fsp3) is 0.111. The molecule has 1 aromatic heterocycles. The monoisotopic (exact) mass is 196 g/mol. The van der Waals surface area contributed by atoms with Crippen LogP contribution in [0.25, 0.3) is 0 Å². The second-order valence-electron chi connectivity index (χ2n) is 2.60. The van der Waals surface area contributed by atoms with Gasteiger partial charge in [0.05, 0.1) is 11.9 Å². The third kappa shape index (κ3) is 2.87. The molecule has 0 bridgehead atoms. The van der Waals surface area contributed by atoms with Crippen LogP contribution in [0.2, 0.25) is 5.15 Å². The quantitative estimate of drug-likeness (QED) is 0.582. The lowest BCUT2D eigenvalue weighted by Crippen LogP contribution is -2.11. The first kappa shape index (κ1) is 9.74. The van der Waals surface area contributed by atoms with Crippen molar-refractivity contribution in [3.63, 3.8) is 0 Å². The van der Waals surface area contributed by atoms with Crippen molar-refractivity contribution in [3.05, 3.63) is 35.6 Å². The molecule has 1 aromatic rings. The third-order valence-electron chi connectivity index (χ3n) is 1.37. The average Bonchev–Trinajstić information content (AvgIpc) is 2.08. The third-order valence-corrected chi connectivity index (χ3v) is 1.60. The van der Waals surface area contributed by atoms with Crippen LogP contribution in [-0.2, 0) is 4.79 Å². The van der Waals surface area contributed by atoms with E-state index in [-0.39, 0.29) is 5.91 Å². The number of carbonyl (C=O) groups is 1. The van der Waals surface area contributed by atoms with Crippen LogP contribution in [0.1, 0.15) is 6.92 Å². The van der Waals surface area contributed by atoms with Crippen LogP contribution >= 0.6 is 11.6 Å². The van der Waals surface area contributed by atoms with Gasteiger partial charge in [-0.05, 0) is 19.1 Å². The van der Waals surface area contributed by atoms with E-state index < -0.39 is 0 Å². The molecule has 1 amide bonds. The Labute approximate surface area is 81.4 Å². The van der Waals surface area contributed by atoms with Crippen LogP contribution < -0.4 is 5.32 Å². The normalized spacial score (nSPS) is 9.38. The summed E-state index contributed by atoms with van der Waals surface area (Å²) in [5.74, 6) is -0.218. The topological polar surface area (TPSA) is 42.0 Å². The van der Waals surface area contributed by atoms with Gasteiger partial charge in [0.2, 0.25) is 0 Å². The summed E-state index contributed by atoms with van der Waals surface area (Å²) in [4.78, 5) is 14.9. The smallest absolute Gasteiger partial charge is 0.250 e. The lowest BCUT2D eigenvalue weighted by molar-refractivity contribution is -0.112. The summed E-state index contributed by atoms with van der Waals surface area (Å²) >= 11 is 5.57. The van der Waals surface area contributed by atoms with Gasteiger partial charge in [-0.15, -0.1) is 0 Å². The van der Waals surface area contributed by atoms with Gasteiger partial charge in [-0.1, -0.05) is 18.2 Å². The fourth-order valence-corrected chi connectivity index (χ4v) is 0.799. The zero-order valence-electron chi connectivity index (χ0n) is 7.17. The molecule has 4 heteroatoms. The van der Waals surface area contributed by atoms with Gasteiger partial charge in [-0.2, -0.15) is 0 Å². The minimum absolute atomic E-state index is 0.218. The number of pyridine rings is 1. The number of nitrogens with one attached hydrogen (secondary N) is 1. The predicted octanol–water partition coefficient (Wildman–Crippen LogP) is 2.25. The molecule has 0 spiro atoms. The summed E-state index contributed by atoms with van der Waals surface area (Å²) < 4.78 is 0. The molecular weight excluding hydrogens is 188 g/mol. The minimum atomic E-state index is -0.218. The van der Waals surface area contributed by atoms with E-state index in [0.29, 0.717) is 16.4 Å². The molecule has 3 nitrogen and oxygen atoms in total. The van der Waals surface area contributed by atoms with E-state index in [1.807, 2.05) is 0 Å². The first-order valence-electron chi connectivity index (χ1n) is 3.68. The Morgan fingerprint density at radius 2 is 2.31 bits per heavy atom. The Hall–Kier alpha value is -1.35. The number of amides is 1. The number of nitrogens with zero attached hydrogens (tertiary/aromatic N) is 1. The van der Waals surface area contributed by atoms with Crippen molar-refractivity contribution < 1.29 is 4.79 Å². The molecule has 0 aliphatic rings. The second-order valence-corrected chi connectivity index (χ2v) is 2.99. The van der Waals surface area contributed by atoms with E-state index in [0.717, 1.165) is 0 Å². The first-order valence-corrected chi connectivity index (χ1v) is 4.06. The van der Waals surface area contributed by atoms with E-state index in [2.05, 4.69) is 16.9 Å². The number of hydrogen-bond acceptors (Lipinski definition) is 2. The molecule has 0 aliphatic carbocycles. The average molecular weight is 197 g/mol. The van der Waals surface area contributed by atoms with Gasteiger partial charge in [0, 0.05) is 5.57 Å². The number of hydrogen-bond donors (Lipinski definition) is 1.